The second-order valence-corrected chi connectivity index (χ2v) is 9.69. The van der Waals surface area contributed by atoms with E-state index in [0.29, 0.717) is 5.56 Å². The number of halogens is 2. The summed E-state index contributed by atoms with van der Waals surface area (Å²) < 4.78 is 31.2. The summed E-state index contributed by atoms with van der Waals surface area (Å²) in [6.07, 6.45) is 3.57. The SMILES string of the molecule is Cc1cc(C(=O)N2CCC(O)(c3cccc(F)c3F)CC2)ccc1NSc1cccc2nccnc12. The third-order valence-electron chi connectivity index (χ3n) is 6.54. The second-order valence-electron chi connectivity index (χ2n) is 8.84. The first-order valence-electron chi connectivity index (χ1n) is 11.6. The Bertz CT molecular complexity index is 1440. The summed E-state index contributed by atoms with van der Waals surface area (Å²) in [7, 11) is 0. The molecular formula is C27H24F2N4O2S. The number of hydrogen-bond acceptors (Lipinski definition) is 6. The van der Waals surface area contributed by atoms with Crippen molar-refractivity contribution in [1.29, 1.82) is 0 Å². The molecule has 1 aliphatic heterocycles. The number of rotatable bonds is 5. The van der Waals surface area contributed by atoms with E-state index in [1.807, 2.05) is 37.3 Å². The number of hydrogen-bond donors (Lipinski definition) is 2. The summed E-state index contributed by atoms with van der Waals surface area (Å²) in [5, 5.41) is 11.0. The second kappa shape index (κ2) is 9.83. The smallest absolute Gasteiger partial charge is 0.253 e. The zero-order chi connectivity index (χ0) is 25.3. The van der Waals surface area contributed by atoms with E-state index in [1.54, 1.807) is 23.4 Å². The lowest BCUT2D eigenvalue weighted by Gasteiger charge is -2.38. The first-order chi connectivity index (χ1) is 17.4. The highest BCUT2D eigenvalue weighted by Gasteiger charge is 2.38. The van der Waals surface area contributed by atoms with Crippen LogP contribution < -0.4 is 4.72 Å². The number of piperidine rings is 1. The Labute approximate surface area is 211 Å². The number of aromatic nitrogens is 2. The van der Waals surface area contributed by atoms with Crippen LogP contribution in [0.3, 0.4) is 0 Å². The third kappa shape index (κ3) is 4.64. The number of fused-ring (bicyclic) bond motifs is 1. The van der Waals surface area contributed by atoms with Crippen LogP contribution in [0, 0.1) is 18.6 Å². The number of carbonyl (C=O) groups is 1. The average Bonchev–Trinajstić information content (AvgIpc) is 2.89. The summed E-state index contributed by atoms with van der Waals surface area (Å²) in [5.74, 6) is -2.19. The number of benzene rings is 3. The Morgan fingerprint density at radius 1 is 1.06 bits per heavy atom. The number of anilines is 1. The quantitative estimate of drug-likeness (QED) is 0.350. The van der Waals surface area contributed by atoms with E-state index in [4.69, 9.17) is 0 Å². The molecule has 0 spiro atoms. The fourth-order valence-corrected chi connectivity index (χ4v) is 5.31. The monoisotopic (exact) mass is 506 g/mol. The Morgan fingerprint density at radius 3 is 2.58 bits per heavy atom. The minimum Gasteiger partial charge on any atom is -0.385 e. The number of amides is 1. The van der Waals surface area contributed by atoms with Gasteiger partial charge in [0.25, 0.3) is 5.91 Å². The Morgan fingerprint density at radius 2 is 1.81 bits per heavy atom. The molecular weight excluding hydrogens is 482 g/mol. The van der Waals surface area contributed by atoms with Gasteiger partial charge in [-0.1, -0.05) is 18.2 Å². The molecule has 1 aliphatic rings. The lowest BCUT2D eigenvalue weighted by Crippen LogP contribution is -2.45. The zero-order valence-electron chi connectivity index (χ0n) is 19.5. The maximum absolute atomic E-state index is 14.3. The van der Waals surface area contributed by atoms with Gasteiger partial charge in [-0.15, -0.1) is 0 Å². The molecule has 0 radical (unpaired) electrons. The Balaban J connectivity index is 1.25. The molecule has 36 heavy (non-hydrogen) atoms. The lowest BCUT2D eigenvalue weighted by molar-refractivity contribution is -0.0240. The first kappa shape index (κ1) is 24.1. The molecule has 4 aromatic rings. The van der Waals surface area contributed by atoms with Gasteiger partial charge in [-0.05, 0) is 73.7 Å². The molecule has 9 heteroatoms. The van der Waals surface area contributed by atoms with E-state index in [1.165, 1.54) is 24.1 Å². The van der Waals surface area contributed by atoms with Crippen LogP contribution in [-0.2, 0) is 5.60 Å². The molecule has 2 N–H and O–H groups in total. The van der Waals surface area contributed by atoms with Gasteiger partial charge < -0.3 is 14.7 Å². The van der Waals surface area contributed by atoms with Gasteiger partial charge in [0.15, 0.2) is 11.6 Å². The molecule has 3 aromatic carbocycles. The van der Waals surface area contributed by atoms with Gasteiger partial charge in [-0.2, -0.15) is 0 Å². The van der Waals surface area contributed by atoms with Crippen LogP contribution >= 0.6 is 11.9 Å². The number of nitrogens with one attached hydrogen (secondary N) is 1. The average molecular weight is 507 g/mol. The summed E-state index contributed by atoms with van der Waals surface area (Å²) in [4.78, 5) is 24.4. The van der Waals surface area contributed by atoms with Crippen LogP contribution in [-0.4, -0.2) is 39.0 Å². The Kier molecular flexibility index (Phi) is 6.59. The lowest BCUT2D eigenvalue weighted by atomic mass is 9.84. The van der Waals surface area contributed by atoms with E-state index in [-0.39, 0.29) is 37.4 Å². The van der Waals surface area contributed by atoms with Crippen molar-refractivity contribution in [3.05, 3.63) is 95.3 Å². The van der Waals surface area contributed by atoms with E-state index < -0.39 is 17.2 Å². The van der Waals surface area contributed by atoms with Crippen molar-refractivity contribution in [2.24, 2.45) is 0 Å². The van der Waals surface area contributed by atoms with Crippen molar-refractivity contribution in [1.82, 2.24) is 14.9 Å². The van der Waals surface area contributed by atoms with E-state index >= 15 is 0 Å². The maximum atomic E-state index is 14.3. The molecule has 1 amide bonds. The topological polar surface area (TPSA) is 78.4 Å². The van der Waals surface area contributed by atoms with E-state index in [9.17, 15) is 18.7 Å². The summed E-state index contributed by atoms with van der Waals surface area (Å²) in [5.41, 5.74) is 2.36. The number of aryl methyl sites for hydroxylation is 1. The summed E-state index contributed by atoms with van der Waals surface area (Å²) >= 11 is 1.43. The van der Waals surface area contributed by atoms with Crippen LogP contribution in [0.2, 0.25) is 0 Å². The van der Waals surface area contributed by atoms with Crippen molar-refractivity contribution in [3.63, 3.8) is 0 Å². The van der Waals surface area contributed by atoms with Crippen molar-refractivity contribution < 1.29 is 18.7 Å². The van der Waals surface area contributed by atoms with E-state index in [2.05, 4.69) is 14.7 Å². The highest BCUT2D eigenvalue weighted by atomic mass is 32.2. The number of likely N-dealkylation sites (tertiary alicyclic amines) is 1. The summed E-state index contributed by atoms with van der Waals surface area (Å²) in [6.45, 7) is 2.40. The van der Waals surface area contributed by atoms with Crippen molar-refractivity contribution in [2.75, 3.05) is 17.8 Å². The predicted octanol–water partition coefficient (Wildman–Crippen LogP) is 5.46. The fourth-order valence-electron chi connectivity index (χ4n) is 4.46. The van der Waals surface area contributed by atoms with Crippen LogP contribution in [0.4, 0.5) is 14.5 Å². The minimum absolute atomic E-state index is 0.0597. The molecule has 0 bridgehead atoms. The molecule has 6 nitrogen and oxygen atoms in total. The maximum Gasteiger partial charge on any atom is 0.253 e. The molecule has 1 saturated heterocycles. The van der Waals surface area contributed by atoms with Crippen LogP contribution in [0.15, 0.2) is 71.9 Å². The number of nitrogens with zero attached hydrogens (tertiary/aromatic N) is 3. The van der Waals surface area contributed by atoms with Gasteiger partial charge in [0, 0.05) is 42.3 Å². The molecule has 0 aliphatic carbocycles. The van der Waals surface area contributed by atoms with Gasteiger partial charge in [0.1, 0.15) is 5.52 Å². The van der Waals surface area contributed by atoms with Gasteiger partial charge in [-0.3, -0.25) is 14.8 Å². The van der Waals surface area contributed by atoms with Gasteiger partial charge in [0.2, 0.25) is 0 Å². The molecule has 2 heterocycles. The summed E-state index contributed by atoms with van der Waals surface area (Å²) in [6, 6.07) is 15.0. The van der Waals surface area contributed by atoms with Gasteiger partial charge in [-0.25, -0.2) is 8.78 Å². The molecule has 5 rings (SSSR count). The van der Waals surface area contributed by atoms with Gasteiger partial charge >= 0.3 is 0 Å². The Hall–Kier alpha value is -3.56. The fraction of sp³-hybridized carbons (Fsp3) is 0.222. The molecule has 184 valence electrons. The van der Waals surface area contributed by atoms with Crippen LogP contribution in [0.25, 0.3) is 11.0 Å². The van der Waals surface area contributed by atoms with Gasteiger partial charge in [0.05, 0.1) is 16.0 Å². The third-order valence-corrected chi connectivity index (χ3v) is 7.41. The molecule has 0 atom stereocenters. The number of para-hydroxylation sites is 1. The van der Waals surface area contributed by atoms with E-state index in [0.717, 1.165) is 33.2 Å². The highest BCUT2D eigenvalue weighted by Crippen LogP contribution is 2.35. The standard InChI is InChI=1S/C27H24F2N4O2S/c1-17-16-18(8-9-21(17)32-36-23-7-3-6-22-25(23)31-13-12-30-22)26(34)33-14-10-27(35,11-15-33)19-4-2-5-20(28)24(19)29/h2-9,12-13,16,32,35H,10-11,14-15H2,1H3. The normalized spacial score (nSPS) is 15.2. The minimum atomic E-state index is -1.50. The first-order valence-corrected chi connectivity index (χ1v) is 12.4. The van der Waals surface area contributed by atoms with Crippen LogP contribution in [0.5, 0.6) is 0 Å². The van der Waals surface area contributed by atoms with Crippen molar-refractivity contribution in [2.45, 2.75) is 30.3 Å². The number of aliphatic hydroxyl groups is 1. The zero-order valence-corrected chi connectivity index (χ0v) is 20.4. The predicted molar refractivity (Wildman–Crippen MR) is 136 cm³/mol. The highest BCUT2D eigenvalue weighted by molar-refractivity contribution is 8.00. The molecule has 1 fully saturated rings. The molecule has 1 aromatic heterocycles. The van der Waals surface area contributed by atoms with Crippen LogP contribution in [0.1, 0.15) is 34.3 Å². The molecule has 0 unspecified atom stereocenters. The van der Waals surface area contributed by atoms with Crippen molar-refractivity contribution >= 4 is 34.6 Å². The van der Waals surface area contributed by atoms with Crippen molar-refractivity contribution in [3.8, 4) is 0 Å². The largest absolute Gasteiger partial charge is 0.385 e. The number of carbonyl (C=O) groups excluding carboxylic acids is 1. The molecule has 0 saturated carbocycles.